The van der Waals surface area contributed by atoms with Crippen LogP contribution in [0.2, 0.25) is 0 Å². The Kier molecular flexibility index (Phi) is 3.52. The summed E-state index contributed by atoms with van der Waals surface area (Å²) < 4.78 is 10.7. The van der Waals surface area contributed by atoms with Gasteiger partial charge in [0.2, 0.25) is 5.91 Å². The van der Waals surface area contributed by atoms with Gasteiger partial charge in [0.1, 0.15) is 0 Å². The lowest BCUT2D eigenvalue weighted by atomic mass is 9.84. The van der Waals surface area contributed by atoms with Crippen LogP contribution >= 0.6 is 0 Å². The van der Waals surface area contributed by atoms with E-state index in [4.69, 9.17) is 9.47 Å². The van der Waals surface area contributed by atoms with Crippen molar-refractivity contribution < 1.29 is 14.3 Å². The van der Waals surface area contributed by atoms with Crippen LogP contribution in [0.3, 0.4) is 0 Å². The molecule has 0 saturated heterocycles. The number of benzene rings is 2. The summed E-state index contributed by atoms with van der Waals surface area (Å²) in [4.78, 5) is 12.0. The number of rotatable bonds is 3. The number of carbonyl (C=O) groups is 1. The molecule has 0 unspecified atom stereocenters. The van der Waals surface area contributed by atoms with Crippen LogP contribution in [0, 0.1) is 0 Å². The summed E-state index contributed by atoms with van der Waals surface area (Å²) >= 11 is 0. The maximum Gasteiger partial charge on any atom is 0.225 e. The van der Waals surface area contributed by atoms with E-state index in [-0.39, 0.29) is 11.8 Å². The van der Waals surface area contributed by atoms with Gasteiger partial charge in [0, 0.05) is 24.1 Å². The van der Waals surface area contributed by atoms with Crippen LogP contribution in [0.15, 0.2) is 42.5 Å². The van der Waals surface area contributed by atoms with Crippen molar-refractivity contribution in [1.82, 2.24) is 0 Å². The number of hydrogen-bond acceptors (Lipinski definition) is 3. The van der Waals surface area contributed by atoms with Crippen molar-refractivity contribution in [1.29, 1.82) is 0 Å². The average Bonchev–Trinajstić information content (AvgIpc) is 2.53. The average molecular weight is 283 g/mol. The third-order valence-electron chi connectivity index (χ3n) is 3.80. The number of amides is 1. The zero-order valence-electron chi connectivity index (χ0n) is 12.1. The van der Waals surface area contributed by atoms with Crippen molar-refractivity contribution >= 4 is 11.6 Å². The number of carbonyl (C=O) groups excluding carboxylic acids is 1. The summed E-state index contributed by atoms with van der Waals surface area (Å²) in [6.07, 6.45) is 0.437. The number of ether oxygens (including phenoxy) is 2. The van der Waals surface area contributed by atoms with E-state index in [2.05, 4.69) is 5.32 Å². The van der Waals surface area contributed by atoms with E-state index >= 15 is 0 Å². The molecule has 0 fully saturated rings. The molecule has 3 rings (SSSR count). The number of anilines is 1. The highest BCUT2D eigenvalue weighted by Gasteiger charge is 2.28. The Hall–Kier alpha value is -2.49. The van der Waals surface area contributed by atoms with E-state index in [0.717, 1.165) is 16.8 Å². The van der Waals surface area contributed by atoms with Crippen LogP contribution in [0.1, 0.15) is 23.5 Å². The molecule has 0 aliphatic carbocycles. The summed E-state index contributed by atoms with van der Waals surface area (Å²) in [6.45, 7) is 0. The summed E-state index contributed by atoms with van der Waals surface area (Å²) in [5.74, 6) is 1.34. The minimum atomic E-state index is 0.0172. The predicted molar refractivity (Wildman–Crippen MR) is 81.1 cm³/mol. The normalized spacial score (nSPS) is 16.9. The molecule has 0 spiro atoms. The third-order valence-corrected chi connectivity index (χ3v) is 3.80. The van der Waals surface area contributed by atoms with Gasteiger partial charge >= 0.3 is 0 Å². The van der Waals surface area contributed by atoms with Crippen LogP contribution in [-0.4, -0.2) is 20.1 Å². The van der Waals surface area contributed by atoms with Gasteiger partial charge in [-0.25, -0.2) is 0 Å². The maximum absolute atomic E-state index is 12.0. The highest BCUT2D eigenvalue weighted by atomic mass is 16.5. The highest BCUT2D eigenvalue weighted by Crippen LogP contribution is 2.42. The van der Waals surface area contributed by atoms with Gasteiger partial charge in [-0.1, -0.05) is 30.3 Å². The second-order valence-electron chi connectivity index (χ2n) is 5.01. The number of nitrogens with one attached hydrogen (secondary N) is 1. The zero-order valence-corrected chi connectivity index (χ0v) is 12.1. The van der Waals surface area contributed by atoms with Crippen molar-refractivity contribution in [3.63, 3.8) is 0 Å². The topological polar surface area (TPSA) is 47.6 Å². The second kappa shape index (κ2) is 5.48. The van der Waals surface area contributed by atoms with E-state index in [9.17, 15) is 4.79 Å². The molecule has 1 amide bonds. The fourth-order valence-corrected chi connectivity index (χ4v) is 2.77. The first-order chi connectivity index (χ1) is 10.2. The lowest BCUT2D eigenvalue weighted by molar-refractivity contribution is -0.116. The van der Waals surface area contributed by atoms with Crippen molar-refractivity contribution in [3.8, 4) is 11.5 Å². The van der Waals surface area contributed by atoms with Crippen molar-refractivity contribution in [2.45, 2.75) is 12.3 Å². The van der Waals surface area contributed by atoms with Gasteiger partial charge in [-0.3, -0.25) is 4.79 Å². The Morgan fingerprint density at radius 3 is 2.38 bits per heavy atom. The van der Waals surface area contributed by atoms with Crippen LogP contribution < -0.4 is 14.8 Å². The van der Waals surface area contributed by atoms with Crippen molar-refractivity contribution in [3.05, 3.63) is 53.6 Å². The summed E-state index contributed by atoms with van der Waals surface area (Å²) in [6, 6.07) is 13.8. The molecular weight excluding hydrogens is 266 g/mol. The van der Waals surface area contributed by atoms with Crippen LogP contribution in [0.25, 0.3) is 0 Å². The first kappa shape index (κ1) is 13.5. The highest BCUT2D eigenvalue weighted by molar-refractivity contribution is 5.96. The molecule has 1 aliphatic heterocycles. The number of methoxy groups -OCH3 is 2. The Labute approximate surface area is 123 Å². The Morgan fingerprint density at radius 1 is 1.05 bits per heavy atom. The van der Waals surface area contributed by atoms with Gasteiger partial charge in [0.05, 0.1) is 14.2 Å². The molecule has 0 saturated carbocycles. The smallest absolute Gasteiger partial charge is 0.225 e. The monoisotopic (exact) mass is 283 g/mol. The molecule has 1 heterocycles. The standard InChI is InChI=1S/C17H17NO3/c1-20-15-8-13-12(11-6-4-3-5-7-11)9-17(19)18-14(13)10-16(15)21-2/h3-8,10,12H,9H2,1-2H3,(H,18,19)/t12-/m1/s1. The van der Waals surface area contributed by atoms with Crippen molar-refractivity contribution in [2.75, 3.05) is 19.5 Å². The van der Waals surface area contributed by atoms with Crippen molar-refractivity contribution in [2.24, 2.45) is 0 Å². The van der Waals surface area contributed by atoms with E-state index in [1.807, 2.05) is 42.5 Å². The number of hydrogen-bond donors (Lipinski definition) is 1. The molecule has 4 heteroatoms. The Bertz CT molecular complexity index is 667. The van der Waals surface area contributed by atoms with Gasteiger partial charge < -0.3 is 14.8 Å². The van der Waals surface area contributed by atoms with Crippen LogP contribution in [0.4, 0.5) is 5.69 Å². The first-order valence-electron chi connectivity index (χ1n) is 6.83. The lowest BCUT2D eigenvalue weighted by Crippen LogP contribution is -2.23. The fraction of sp³-hybridized carbons (Fsp3) is 0.235. The molecule has 2 aromatic rings. The Balaban J connectivity index is 2.13. The molecule has 1 aliphatic rings. The zero-order chi connectivity index (χ0) is 14.8. The molecule has 2 aromatic carbocycles. The van der Waals surface area contributed by atoms with E-state index < -0.39 is 0 Å². The van der Waals surface area contributed by atoms with Gasteiger partial charge in [-0.15, -0.1) is 0 Å². The van der Waals surface area contributed by atoms with E-state index in [1.165, 1.54) is 0 Å². The van der Waals surface area contributed by atoms with Gasteiger partial charge in [0.25, 0.3) is 0 Å². The molecule has 4 nitrogen and oxygen atoms in total. The van der Waals surface area contributed by atoms with Crippen LogP contribution in [0.5, 0.6) is 11.5 Å². The SMILES string of the molecule is COc1cc2c(cc1OC)[C@@H](c1ccccc1)CC(=O)N2. The lowest BCUT2D eigenvalue weighted by Gasteiger charge is -2.27. The summed E-state index contributed by atoms with van der Waals surface area (Å²) in [5.41, 5.74) is 2.97. The molecule has 0 aromatic heterocycles. The van der Waals surface area contributed by atoms with Gasteiger partial charge in [0.15, 0.2) is 11.5 Å². The largest absolute Gasteiger partial charge is 0.493 e. The van der Waals surface area contributed by atoms with Gasteiger partial charge in [-0.2, -0.15) is 0 Å². The van der Waals surface area contributed by atoms with Crippen LogP contribution in [-0.2, 0) is 4.79 Å². The van der Waals surface area contributed by atoms with E-state index in [0.29, 0.717) is 17.9 Å². The van der Waals surface area contributed by atoms with Gasteiger partial charge in [-0.05, 0) is 17.2 Å². The third kappa shape index (κ3) is 2.44. The Morgan fingerprint density at radius 2 is 1.71 bits per heavy atom. The molecular formula is C17H17NO3. The quantitative estimate of drug-likeness (QED) is 0.941. The molecule has 0 radical (unpaired) electrons. The molecule has 0 bridgehead atoms. The summed E-state index contributed by atoms with van der Waals surface area (Å²) in [5, 5.41) is 2.91. The minimum Gasteiger partial charge on any atom is -0.493 e. The second-order valence-corrected chi connectivity index (χ2v) is 5.01. The molecule has 21 heavy (non-hydrogen) atoms. The predicted octanol–water partition coefficient (Wildman–Crippen LogP) is 3.18. The molecule has 1 N–H and O–H groups in total. The first-order valence-corrected chi connectivity index (χ1v) is 6.83. The van der Waals surface area contributed by atoms with E-state index in [1.54, 1.807) is 14.2 Å². The minimum absolute atomic E-state index is 0.0172. The molecule has 108 valence electrons. The fourth-order valence-electron chi connectivity index (χ4n) is 2.77. The number of fused-ring (bicyclic) bond motifs is 1. The maximum atomic E-state index is 12.0. The summed E-state index contributed by atoms with van der Waals surface area (Å²) in [7, 11) is 3.20. The molecule has 1 atom stereocenters.